The maximum atomic E-state index is 12.5. The third-order valence-corrected chi connectivity index (χ3v) is 5.51. The molecule has 0 spiro atoms. The van der Waals surface area contributed by atoms with Crippen LogP contribution in [0.2, 0.25) is 0 Å². The SMILES string of the molecule is CCC1CCCCN1C(=O)Cc1csc(N2CCCC2=O)n1. The Morgan fingerprint density at radius 1 is 1.36 bits per heavy atom. The average molecular weight is 321 g/mol. The monoisotopic (exact) mass is 321 g/mol. The van der Waals surface area contributed by atoms with Crippen LogP contribution in [0.1, 0.15) is 51.1 Å². The van der Waals surface area contributed by atoms with E-state index in [0.717, 1.165) is 49.6 Å². The number of nitrogens with zero attached hydrogens (tertiary/aromatic N) is 3. The van der Waals surface area contributed by atoms with Crippen LogP contribution in [-0.2, 0) is 16.0 Å². The van der Waals surface area contributed by atoms with Gasteiger partial charge in [0, 0.05) is 30.9 Å². The molecule has 3 heterocycles. The number of thiazole rings is 1. The Labute approximate surface area is 135 Å². The van der Waals surface area contributed by atoms with E-state index >= 15 is 0 Å². The first kappa shape index (κ1) is 15.5. The molecule has 120 valence electrons. The number of rotatable bonds is 4. The highest BCUT2D eigenvalue weighted by Gasteiger charge is 2.27. The summed E-state index contributed by atoms with van der Waals surface area (Å²) in [7, 11) is 0. The average Bonchev–Trinajstić information content (AvgIpc) is 3.15. The van der Waals surface area contributed by atoms with Crippen molar-refractivity contribution >= 4 is 28.3 Å². The minimum Gasteiger partial charge on any atom is -0.339 e. The lowest BCUT2D eigenvalue weighted by molar-refractivity contribution is -0.134. The van der Waals surface area contributed by atoms with Gasteiger partial charge in [-0.25, -0.2) is 4.98 Å². The molecule has 1 aromatic rings. The van der Waals surface area contributed by atoms with Crippen LogP contribution in [0, 0.1) is 0 Å². The maximum Gasteiger partial charge on any atom is 0.228 e. The highest BCUT2D eigenvalue weighted by Crippen LogP contribution is 2.26. The number of anilines is 1. The number of piperidine rings is 1. The number of likely N-dealkylation sites (tertiary alicyclic amines) is 1. The summed E-state index contributed by atoms with van der Waals surface area (Å²) < 4.78 is 0. The molecule has 5 nitrogen and oxygen atoms in total. The lowest BCUT2D eigenvalue weighted by Gasteiger charge is -2.35. The standard InChI is InChI=1S/C16H23N3O2S/c1-2-13-6-3-4-8-18(13)15(21)10-12-11-22-16(17-12)19-9-5-7-14(19)20/h11,13H,2-10H2,1H3. The molecule has 0 aromatic carbocycles. The molecule has 1 aromatic heterocycles. The third kappa shape index (κ3) is 3.16. The van der Waals surface area contributed by atoms with Crippen molar-refractivity contribution in [1.82, 2.24) is 9.88 Å². The van der Waals surface area contributed by atoms with Gasteiger partial charge >= 0.3 is 0 Å². The van der Waals surface area contributed by atoms with E-state index in [1.54, 1.807) is 4.90 Å². The van der Waals surface area contributed by atoms with Crippen molar-refractivity contribution in [2.45, 2.75) is 57.9 Å². The zero-order valence-corrected chi connectivity index (χ0v) is 13.9. The molecule has 0 bridgehead atoms. The number of hydrogen-bond acceptors (Lipinski definition) is 4. The molecule has 1 atom stereocenters. The Morgan fingerprint density at radius 2 is 2.23 bits per heavy atom. The maximum absolute atomic E-state index is 12.5. The van der Waals surface area contributed by atoms with Gasteiger partial charge in [-0.1, -0.05) is 6.92 Å². The first-order valence-corrected chi connectivity index (χ1v) is 9.11. The molecule has 0 radical (unpaired) electrons. The molecule has 0 saturated carbocycles. The van der Waals surface area contributed by atoms with Crippen LogP contribution < -0.4 is 4.90 Å². The van der Waals surface area contributed by atoms with Crippen LogP contribution in [0.15, 0.2) is 5.38 Å². The summed E-state index contributed by atoms with van der Waals surface area (Å²) in [5.74, 6) is 0.324. The number of carbonyl (C=O) groups excluding carboxylic acids is 2. The second-order valence-electron chi connectivity index (χ2n) is 6.09. The summed E-state index contributed by atoms with van der Waals surface area (Å²) in [6.45, 7) is 3.78. The smallest absolute Gasteiger partial charge is 0.228 e. The lowest BCUT2D eigenvalue weighted by atomic mass is 9.99. The number of amides is 2. The topological polar surface area (TPSA) is 53.5 Å². The fourth-order valence-corrected chi connectivity index (χ4v) is 4.23. The van der Waals surface area contributed by atoms with Crippen molar-refractivity contribution in [2.75, 3.05) is 18.0 Å². The van der Waals surface area contributed by atoms with Gasteiger partial charge < -0.3 is 4.90 Å². The van der Waals surface area contributed by atoms with Crippen LogP contribution in [-0.4, -0.2) is 40.8 Å². The Bertz CT molecular complexity index is 557. The van der Waals surface area contributed by atoms with Gasteiger partial charge in [-0.15, -0.1) is 11.3 Å². The van der Waals surface area contributed by atoms with Gasteiger partial charge in [0.25, 0.3) is 0 Å². The Morgan fingerprint density at radius 3 is 2.95 bits per heavy atom. The molecule has 1 unspecified atom stereocenters. The van der Waals surface area contributed by atoms with Gasteiger partial charge in [-0.05, 0) is 32.1 Å². The minimum absolute atomic E-state index is 0.148. The zero-order chi connectivity index (χ0) is 15.5. The van der Waals surface area contributed by atoms with Crippen molar-refractivity contribution in [3.8, 4) is 0 Å². The van der Waals surface area contributed by atoms with E-state index < -0.39 is 0 Å². The summed E-state index contributed by atoms with van der Waals surface area (Å²) in [5, 5.41) is 2.67. The van der Waals surface area contributed by atoms with Crippen molar-refractivity contribution in [3.05, 3.63) is 11.1 Å². The van der Waals surface area contributed by atoms with E-state index in [-0.39, 0.29) is 11.8 Å². The molecular weight excluding hydrogens is 298 g/mol. The molecule has 2 fully saturated rings. The van der Waals surface area contributed by atoms with Gasteiger partial charge in [0.05, 0.1) is 12.1 Å². The molecule has 2 aliphatic heterocycles. The van der Waals surface area contributed by atoms with Gasteiger partial charge in [-0.2, -0.15) is 0 Å². The molecule has 2 saturated heterocycles. The molecular formula is C16H23N3O2S. The molecule has 2 amide bonds. The van der Waals surface area contributed by atoms with Crippen molar-refractivity contribution in [2.24, 2.45) is 0 Å². The van der Waals surface area contributed by atoms with Crippen LogP contribution in [0.25, 0.3) is 0 Å². The number of carbonyl (C=O) groups is 2. The van der Waals surface area contributed by atoms with Crippen molar-refractivity contribution < 1.29 is 9.59 Å². The fraction of sp³-hybridized carbons (Fsp3) is 0.688. The summed E-state index contributed by atoms with van der Waals surface area (Å²) in [6, 6.07) is 0.388. The van der Waals surface area contributed by atoms with Crippen LogP contribution in [0.5, 0.6) is 0 Å². The summed E-state index contributed by atoms with van der Waals surface area (Å²) in [6.07, 6.45) is 6.34. The predicted octanol–water partition coefficient (Wildman–Crippen LogP) is 2.60. The van der Waals surface area contributed by atoms with E-state index in [0.29, 0.717) is 18.9 Å². The highest BCUT2D eigenvalue weighted by atomic mass is 32.1. The summed E-state index contributed by atoms with van der Waals surface area (Å²) >= 11 is 1.47. The molecule has 3 rings (SSSR count). The normalized spacial score (nSPS) is 22.4. The van der Waals surface area contributed by atoms with E-state index in [9.17, 15) is 9.59 Å². The van der Waals surface area contributed by atoms with E-state index in [4.69, 9.17) is 0 Å². The van der Waals surface area contributed by atoms with Gasteiger partial charge in [-0.3, -0.25) is 14.5 Å². The van der Waals surface area contributed by atoms with Crippen molar-refractivity contribution in [3.63, 3.8) is 0 Å². The quantitative estimate of drug-likeness (QED) is 0.856. The third-order valence-electron chi connectivity index (χ3n) is 4.60. The highest BCUT2D eigenvalue weighted by molar-refractivity contribution is 7.14. The predicted molar refractivity (Wildman–Crippen MR) is 87.0 cm³/mol. The van der Waals surface area contributed by atoms with E-state index in [1.807, 2.05) is 10.3 Å². The van der Waals surface area contributed by atoms with Crippen LogP contribution in [0.3, 0.4) is 0 Å². The Kier molecular flexibility index (Phi) is 4.76. The summed E-state index contributed by atoms with van der Waals surface area (Å²) in [4.78, 5) is 32.6. The first-order valence-electron chi connectivity index (χ1n) is 8.23. The molecule has 6 heteroatoms. The van der Waals surface area contributed by atoms with Gasteiger partial charge in [0.2, 0.25) is 11.8 Å². The van der Waals surface area contributed by atoms with E-state index in [2.05, 4.69) is 11.9 Å². The zero-order valence-electron chi connectivity index (χ0n) is 13.1. The molecule has 22 heavy (non-hydrogen) atoms. The molecule has 0 N–H and O–H groups in total. The van der Waals surface area contributed by atoms with Gasteiger partial charge in [0.15, 0.2) is 5.13 Å². The largest absolute Gasteiger partial charge is 0.339 e. The van der Waals surface area contributed by atoms with Gasteiger partial charge in [0.1, 0.15) is 0 Å². The number of hydrogen-bond donors (Lipinski definition) is 0. The second kappa shape index (κ2) is 6.77. The van der Waals surface area contributed by atoms with Crippen LogP contribution in [0.4, 0.5) is 5.13 Å². The Balaban J connectivity index is 1.64. The summed E-state index contributed by atoms with van der Waals surface area (Å²) in [5.41, 5.74) is 0.796. The van der Waals surface area contributed by atoms with Crippen molar-refractivity contribution in [1.29, 1.82) is 0 Å². The second-order valence-corrected chi connectivity index (χ2v) is 6.93. The number of aromatic nitrogens is 1. The lowest BCUT2D eigenvalue weighted by Crippen LogP contribution is -2.44. The molecule has 0 aliphatic carbocycles. The van der Waals surface area contributed by atoms with Crippen LogP contribution >= 0.6 is 11.3 Å². The van der Waals surface area contributed by atoms with E-state index in [1.165, 1.54) is 17.8 Å². The Hall–Kier alpha value is -1.43. The minimum atomic E-state index is 0.148. The first-order chi connectivity index (χ1) is 10.7. The fourth-order valence-electron chi connectivity index (χ4n) is 3.36. The molecule has 2 aliphatic rings.